The van der Waals surface area contributed by atoms with Gasteiger partial charge in [-0.2, -0.15) is 0 Å². The van der Waals surface area contributed by atoms with Gasteiger partial charge in [0.1, 0.15) is 0 Å². The molecule has 0 aliphatic heterocycles. The van der Waals surface area contributed by atoms with Crippen molar-refractivity contribution in [1.82, 2.24) is 4.90 Å². The Kier molecular flexibility index (Phi) is 7.82. The van der Waals surface area contributed by atoms with Crippen molar-refractivity contribution in [2.45, 2.75) is 38.1 Å². The fourth-order valence-corrected chi connectivity index (χ4v) is 3.06. The van der Waals surface area contributed by atoms with E-state index in [9.17, 15) is 9.59 Å². The highest BCUT2D eigenvalue weighted by atomic mass is 35.5. The molecule has 0 bridgehead atoms. The van der Waals surface area contributed by atoms with Crippen molar-refractivity contribution in [2.24, 2.45) is 5.73 Å². The SMILES string of the molecule is CN(C(=O)c1ccc(NC(=O)CN)cc1Cl)C1CCCCC1.Cl. The van der Waals surface area contributed by atoms with Crippen molar-refractivity contribution in [1.29, 1.82) is 0 Å². The fourth-order valence-electron chi connectivity index (χ4n) is 2.80. The third kappa shape index (κ3) is 5.09. The summed E-state index contributed by atoms with van der Waals surface area (Å²) in [6, 6.07) is 5.18. The molecule has 1 aromatic carbocycles. The van der Waals surface area contributed by atoms with Crippen LogP contribution in [-0.4, -0.2) is 36.3 Å². The number of carbonyl (C=O) groups is 2. The molecule has 2 amide bonds. The minimum Gasteiger partial charge on any atom is -0.339 e. The Morgan fingerprint density at radius 2 is 1.96 bits per heavy atom. The van der Waals surface area contributed by atoms with Gasteiger partial charge in [0.05, 0.1) is 17.1 Å². The van der Waals surface area contributed by atoms with E-state index in [-0.39, 0.29) is 36.8 Å². The zero-order chi connectivity index (χ0) is 16.1. The van der Waals surface area contributed by atoms with Crippen LogP contribution in [0.25, 0.3) is 0 Å². The van der Waals surface area contributed by atoms with Crippen LogP contribution in [0.2, 0.25) is 5.02 Å². The molecule has 1 saturated carbocycles. The standard InChI is InChI=1S/C16H22ClN3O2.ClH/c1-20(12-5-3-2-4-6-12)16(22)13-8-7-11(9-14(13)17)19-15(21)10-18;/h7-9,12H,2-6,10,18H2,1H3,(H,19,21);1H. The number of benzene rings is 1. The first-order valence-corrected chi connectivity index (χ1v) is 7.97. The monoisotopic (exact) mass is 359 g/mol. The molecule has 0 saturated heterocycles. The summed E-state index contributed by atoms with van der Waals surface area (Å²) in [7, 11) is 1.83. The van der Waals surface area contributed by atoms with E-state index in [0.717, 1.165) is 12.8 Å². The van der Waals surface area contributed by atoms with Gasteiger partial charge < -0.3 is 16.0 Å². The minimum absolute atomic E-state index is 0. The highest BCUT2D eigenvalue weighted by molar-refractivity contribution is 6.34. The first-order valence-electron chi connectivity index (χ1n) is 7.59. The average molecular weight is 360 g/mol. The first kappa shape index (κ1) is 19.7. The Labute approximate surface area is 148 Å². The van der Waals surface area contributed by atoms with E-state index >= 15 is 0 Å². The fraction of sp³-hybridized carbons (Fsp3) is 0.500. The quantitative estimate of drug-likeness (QED) is 0.867. The molecule has 0 aromatic heterocycles. The van der Waals surface area contributed by atoms with Crippen LogP contribution in [0.5, 0.6) is 0 Å². The van der Waals surface area contributed by atoms with Crippen LogP contribution in [0.15, 0.2) is 18.2 Å². The summed E-state index contributed by atoms with van der Waals surface area (Å²) in [5.41, 5.74) is 6.25. The van der Waals surface area contributed by atoms with E-state index in [1.54, 1.807) is 23.1 Å². The smallest absolute Gasteiger partial charge is 0.255 e. The Morgan fingerprint density at radius 1 is 1.30 bits per heavy atom. The zero-order valence-corrected chi connectivity index (χ0v) is 14.8. The molecule has 1 fully saturated rings. The summed E-state index contributed by atoms with van der Waals surface area (Å²) in [6.07, 6.45) is 5.67. The van der Waals surface area contributed by atoms with Crippen molar-refractivity contribution in [3.8, 4) is 0 Å². The first-order chi connectivity index (χ1) is 10.5. The molecular formula is C16H23Cl2N3O2. The summed E-state index contributed by atoms with van der Waals surface area (Å²) in [5.74, 6) is -0.372. The topological polar surface area (TPSA) is 75.4 Å². The van der Waals surface area contributed by atoms with E-state index in [2.05, 4.69) is 5.32 Å². The molecule has 0 unspecified atom stereocenters. The predicted octanol–water partition coefficient (Wildman–Crippen LogP) is 3.06. The van der Waals surface area contributed by atoms with Crippen LogP contribution in [0.1, 0.15) is 42.5 Å². The lowest BCUT2D eigenvalue weighted by molar-refractivity contribution is -0.114. The molecule has 1 aromatic rings. The predicted molar refractivity (Wildman–Crippen MR) is 95.4 cm³/mol. The lowest BCUT2D eigenvalue weighted by Gasteiger charge is -2.31. The second kappa shape index (κ2) is 9.11. The summed E-state index contributed by atoms with van der Waals surface area (Å²) < 4.78 is 0. The molecule has 5 nitrogen and oxygen atoms in total. The van der Waals surface area contributed by atoms with Gasteiger partial charge in [0.2, 0.25) is 5.91 Å². The van der Waals surface area contributed by atoms with Crippen LogP contribution in [0.3, 0.4) is 0 Å². The Morgan fingerprint density at radius 3 is 2.52 bits per heavy atom. The Bertz CT molecular complexity index is 560. The molecule has 0 atom stereocenters. The minimum atomic E-state index is -0.297. The van der Waals surface area contributed by atoms with Gasteiger partial charge in [-0.25, -0.2) is 0 Å². The summed E-state index contributed by atoms with van der Waals surface area (Å²) in [5, 5.41) is 2.95. The van der Waals surface area contributed by atoms with E-state index in [4.69, 9.17) is 17.3 Å². The van der Waals surface area contributed by atoms with Gasteiger partial charge in [0.25, 0.3) is 5.91 Å². The van der Waals surface area contributed by atoms with Crippen molar-refractivity contribution in [3.05, 3.63) is 28.8 Å². The van der Waals surface area contributed by atoms with Crippen molar-refractivity contribution >= 4 is 41.5 Å². The molecular weight excluding hydrogens is 337 g/mol. The molecule has 1 aliphatic carbocycles. The third-order valence-electron chi connectivity index (χ3n) is 4.11. The largest absolute Gasteiger partial charge is 0.339 e. The molecule has 2 rings (SSSR count). The summed E-state index contributed by atoms with van der Waals surface area (Å²) in [4.78, 5) is 25.7. The Balaban J connectivity index is 0.00000264. The number of nitrogens with zero attached hydrogens (tertiary/aromatic N) is 1. The van der Waals surface area contributed by atoms with Crippen LogP contribution in [-0.2, 0) is 4.79 Å². The number of nitrogens with one attached hydrogen (secondary N) is 1. The molecule has 0 spiro atoms. The second-order valence-corrected chi connectivity index (χ2v) is 6.06. The maximum absolute atomic E-state index is 12.6. The summed E-state index contributed by atoms with van der Waals surface area (Å²) >= 11 is 6.20. The third-order valence-corrected chi connectivity index (χ3v) is 4.42. The van der Waals surface area contributed by atoms with Gasteiger partial charge in [-0.05, 0) is 31.0 Å². The highest BCUT2D eigenvalue weighted by Crippen LogP contribution is 2.26. The molecule has 0 heterocycles. The van der Waals surface area contributed by atoms with Crippen molar-refractivity contribution in [3.63, 3.8) is 0 Å². The molecule has 3 N–H and O–H groups in total. The van der Waals surface area contributed by atoms with E-state index in [1.807, 2.05) is 7.05 Å². The summed E-state index contributed by atoms with van der Waals surface area (Å²) in [6.45, 7) is -0.0945. The van der Waals surface area contributed by atoms with Crippen molar-refractivity contribution in [2.75, 3.05) is 18.9 Å². The van der Waals surface area contributed by atoms with Crippen molar-refractivity contribution < 1.29 is 9.59 Å². The number of carbonyl (C=O) groups excluding carboxylic acids is 2. The zero-order valence-electron chi connectivity index (χ0n) is 13.2. The maximum atomic E-state index is 12.6. The highest BCUT2D eigenvalue weighted by Gasteiger charge is 2.24. The number of hydrogen-bond acceptors (Lipinski definition) is 3. The van der Waals surface area contributed by atoms with Crippen LogP contribution < -0.4 is 11.1 Å². The molecule has 1 aliphatic rings. The second-order valence-electron chi connectivity index (χ2n) is 5.65. The lowest BCUT2D eigenvalue weighted by atomic mass is 9.94. The molecule has 128 valence electrons. The van der Waals surface area contributed by atoms with Crippen LogP contribution in [0, 0.1) is 0 Å². The van der Waals surface area contributed by atoms with Gasteiger partial charge in [-0.1, -0.05) is 30.9 Å². The molecule has 0 radical (unpaired) electrons. The number of anilines is 1. The van der Waals surface area contributed by atoms with E-state index < -0.39 is 0 Å². The molecule has 7 heteroatoms. The van der Waals surface area contributed by atoms with Gasteiger partial charge in [-0.3, -0.25) is 9.59 Å². The lowest BCUT2D eigenvalue weighted by Crippen LogP contribution is -2.38. The van der Waals surface area contributed by atoms with Gasteiger partial charge in [0.15, 0.2) is 0 Å². The van der Waals surface area contributed by atoms with Gasteiger partial charge >= 0.3 is 0 Å². The number of nitrogens with two attached hydrogens (primary N) is 1. The average Bonchev–Trinajstić information content (AvgIpc) is 2.54. The van der Waals surface area contributed by atoms with E-state index in [1.165, 1.54) is 19.3 Å². The normalized spacial score (nSPS) is 14.7. The number of rotatable bonds is 4. The van der Waals surface area contributed by atoms with Crippen LogP contribution >= 0.6 is 24.0 Å². The van der Waals surface area contributed by atoms with Gasteiger partial charge in [-0.15, -0.1) is 12.4 Å². The Hall–Kier alpha value is -1.30. The van der Waals surface area contributed by atoms with E-state index in [0.29, 0.717) is 16.3 Å². The van der Waals surface area contributed by atoms with Gasteiger partial charge in [0, 0.05) is 18.8 Å². The molecule has 23 heavy (non-hydrogen) atoms. The van der Waals surface area contributed by atoms with Crippen LogP contribution in [0.4, 0.5) is 5.69 Å². The number of amides is 2. The number of halogens is 2. The number of hydrogen-bond donors (Lipinski definition) is 2. The maximum Gasteiger partial charge on any atom is 0.255 e.